The molecule has 0 spiro atoms. The molecule has 0 aromatic rings. The van der Waals surface area contributed by atoms with E-state index in [0.29, 0.717) is 17.8 Å². The highest BCUT2D eigenvalue weighted by Crippen LogP contribution is 2.67. The first-order valence-corrected chi connectivity index (χ1v) is 9.63. The molecule has 0 aliphatic heterocycles. The van der Waals surface area contributed by atoms with Crippen LogP contribution < -0.4 is 0 Å². The molecule has 4 aliphatic carbocycles. The van der Waals surface area contributed by atoms with Gasteiger partial charge in [0.2, 0.25) is 0 Å². The first kappa shape index (κ1) is 15.5. The second-order valence-electron chi connectivity index (χ2n) is 8.54. The molecule has 0 heterocycles. The van der Waals surface area contributed by atoms with Crippen LogP contribution >= 0.6 is 0 Å². The van der Waals surface area contributed by atoms with Gasteiger partial charge in [-0.2, -0.15) is 0 Å². The third-order valence-electron chi connectivity index (χ3n) is 8.01. The number of hydrogen-bond acceptors (Lipinski definition) is 1. The summed E-state index contributed by atoms with van der Waals surface area (Å²) < 4.78 is 0. The standard InChI is InChI=1S/C22H30O/c1-4-21-14-15(3)20-17-9-7-6-8-16(17)10-11-18(20)19(21)12-13-22(21,23)5-2/h2,8,17-20,23H,3-4,6-7,9-14H2,1H3/t17-,18-,19-,20-,21-,22-/m0/s1. The fraction of sp³-hybridized carbons (Fsp3) is 0.727. The Hall–Kier alpha value is -1.00. The van der Waals surface area contributed by atoms with Gasteiger partial charge in [-0.1, -0.05) is 36.6 Å². The topological polar surface area (TPSA) is 20.2 Å². The molecule has 4 rings (SSSR count). The summed E-state index contributed by atoms with van der Waals surface area (Å²) in [7, 11) is 0. The lowest BCUT2D eigenvalue weighted by molar-refractivity contribution is -0.0788. The van der Waals surface area contributed by atoms with Crippen molar-refractivity contribution in [3.05, 3.63) is 23.8 Å². The van der Waals surface area contributed by atoms with Crippen molar-refractivity contribution < 1.29 is 5.11 Å². The Morgan fingerprint density at radius 3 is 2.96 bits per heavy atom. The lowest BCUT2D eigenvalue weighted by Crippen LogP contribution is -2.54. The van der Waals surface area contributed by atoms with Crippen molar-refractivity contribution in [1.82, 2.24) is 0 Å². The van der Waals surface area contributed by atoms with Gasteiger partial charge in [0.1, 0.15) is 5.60 Å². The molecule has 0 bridgehead atoms. The summed E-state index contributed by atoms with van der Waals surface area (Å²) in [6.07, 6.45) is 18.6. The molecule has 0 unspecified atom stereocenters. The highest BCUT2D eigenvalue weighted by atomic mass is 16.3. The summed E-state index contributed by atoms with van der Waals surface area (Å²) in [6, 6.07) is 0. The molecule has 124 valence electrons. The largest absolute Gasteiger partial charge is 0.377 e. The molecule has 0 saturated heterocycles. The number of terminal acetylenes is 1. The summed E-state index contributed by atoms with van der Waals surface area (Å²) in [6.45, 7) is 6.76. The Balaban J connectivity index is 1.74. The minimum atomic E-state index is -0.914. The molecule has 4 aliphatic rings. The van der Waals surface area contributed by atoms with Gasteiger partial charge in [0.15, 0.2) is 0 Å². The van der Waals surface area contributed by atoms with E-state index in [2.05, 4.69) is 25.5 Å². The minimum Gasteiger partial charge on any atom is -0.377 e. The predicted molar refractivity (Wildman–Crippen MR) is 94.6 cm³/mol. The van der Waals surface area contributed by atoms with E-state index in [4.69, 9.17) is 6.42 Å². The van der Waals surface area contributed by atoms with Gasteiger partial charge in [-0.15, -0.1) is 6.42 Å². The maximum absolute atomic E-state index is 11.2. The van der Waals surface area contributed by atoms with Gasteiger partial charge < -0.3 is 5.11 Å². The van der Waals surface area contributed by atoms with Crippen LogP contribution in [0.15, 0.2) is 23.8 Å². The van der Waals surface area contributed by atoms with Crippen LogP contribution in [0.1, 0.15) is 64.7 Å². The van der Waals surface area contributed by atoms with Crippen LogP contribution in [0.5, 0.6) is 0 Å². The lowest BCUT2D eigenvalue weighted by Gasteiger charge is -2.56. The van der Waals surface area contributed by atoms with Crippen molar-refractivity contribution in [2.45, 2.75) is 70.3 Å². The Kier molecular flexibility index (Phi) is 3.54. The number of allylic oxidation sites excluding steroid dienone is 3. The van der Waals surface area contributed by atoms with Crippen molar-refractivity contribution in [2.75, 3.05) is 0 Å². The molecule has 0 radical (unpaired) electrons. The van der Waals surface area contributed by atoms with E-state index in [9.17, 15) is 5.11 Å². The summed E-state index contributed by atoms with van der Waals surface area (Å²) >= 11 is 0. The van der Waals surface area contributed by atoms with Gasteiger partial charge in [0.25, 0.3) is 0 Å². The number of fused-ring (bicyclic) bond motifs is 5. The normalized spacial score (nSPS) is 48.7. The Morgan fingerprint density at radius 2 is 2.22 bits per heavy atom. The average Bonchev–Trinajstić information content (AvgIpc) is 2.88. The van der Waals surface area contributed by atoms with Crippen molar-refractivity contribution in [2.24, 2.45) is 29.1 Å². The summed E-state index contributed by atoms with van der Waals surface area (Å²) in [5.74, 6) is 5.48. The van der Waals surface area contributed by atoms with Crippen LogP contribution in [0, 0.1) is 41.4 Å². The fourth-order valence-corrected chi connectivity index (χ4v) is 7.03. The van der Waals surface area contributed by atoms with Crippen LogP contribution in [0.3, 0.4) is 0 Å². The quantitative estimate of drug-likeness (QED) is 0.541. The van der Waals surface area contributed by atoms with Crippen molar-refractivity contribution in [1.29, 1.82) is 0 Å². The predicted octanol–water partition coefficient (Wildman–Crippen LogP) is 4.87. The molecule has 1 nitrogen and oxygen atoms in total. The van der Waals surface area contributed by atoms with E-state index in [1.807, 2.05) is 0 Å². The minimum absolute atomic E-state index is 0.115. The SMILES string of the molecule is C#C[C@]1(O)CC[C@H]2[C@@H]3CCC4=CCCC[C@@H]4[C@@H]3C(=C)C[C@@]21CC. The van der Waals surface area contributed by atoms with E-state index in [1.165, 1.54) is 37.7 Å². The summed E-state index contributed by atoms with van der Waals surface area (Å²) in [5.41, 5.74) is 2.08. The smallest absolute Gasteiger partial charge is 0.131 e. The zero-order valence-electron chi connectivity index (χ0n) is 14.5. The molecule has 3 fully saturated rings. The Labute approximate surface area is 141 Å². The third-order valence-corrected chi connectivity index (χ3v) is 8.01. The van der Waals surface area contributed by atoms with Crippen LogP contribution in [-0.4, -0.2) is 10.7 Å². The summed E-state index contributed by atoms with van der Waals surface area (Å²) in [4.78, 5) is 0. The number of rotatable bonds is 1. The van der Waals surface area contributed by atoms with Crippen molar-refractivity contribution in [3.8, 4) is 12.3 Å². The maximum atomic E-state index is 11.2. The van der Waals surface area contributed by atoms with Gasteiger partial charge in [-0.3, -0.25) is 0 Å². The van der Waals surface area contributed by atoms with Crippen LogP contribution in [0.25, 0.3) is 0 Å². The highest BCUT2D eigenvalue weighted by molar-refractivity contribution is 5.32. The van der Waals surface area contributed by atoms with Gasteiger partial charge in [-0.05, 0) is 81.5 Å². The third kappa shape index (κ3) is 1.91. The lowest BCUT2D eigenvalue weighted by atomic mass is 9.48. The first-order chi connectivity index (χ1) is 11.1. The fourth-order valence-electron chi connectivity index (χ4n) is 7.03. The van der Waals surface area contributed by atoms with Gasteiger partial charge >= 0.3 is 0 Å². The van der Waals surface area contributed by atoms with E-state index < -0.39 is 5.60 Å². The van der Waals surface area contributed by atoms with Crippen LogP contribution in [0.4, 0.5) is 0 Å². The van der Waals surface area contributed by atoms with Crippen molar-refractivity contribution >= 4 is 0 Å². The molecule has 0 aromatic carbocycles. The average molecular weight is 310 g/mol. The monoisotopic (exact) mass is 310 g/mol. The van der Waals surface area contributed by atoms with E-state index in [0.717, 1.165) is 31.6 Å². The highest BCUT2D eigenvalue weighted by Gasteiger charge is 2.64. The molecular formula is C22H30O. The number of aliphatic hydroxyl groups is 1. The zero-order chi connectivity index (χ0) is 16.2. The molecule has 3 saturated carbocycles. The van der Waals surface area contributed by atoms with Crippen molar-refractivity contribution in [3.63, 3.8) is 0 Å². The van der Waals surface area contributed by atoms with Gasteiger partial charge in [0.05, 0.1) is 0 Å². The van der Waals surface area contributed by atoms with Crippen LogP contribution in [0.2, 0.25) is 0 Å². The molecule has 23 heavy (non-hydrogen) atoms. The second kappa shape index (κ2) is 5.25. The number of hydrogen-bond donors (Lipinski definition) is 1. The second-order valence-corrected chi connectivity index (χ2v) is 8.54. The van der Waals surface area contributed by atoms with Gasteiger partial charge in [0, 0.05) is 5.41 Å². The Morgan fingerprint density at radius 1 is 1.39 bits per heavy atom. The van der Waals surface area contributed by atoms with Crippen LogP contribution in [-0.2, 0) is 0 Å². The summed E-state index contributed by atoms with van der Waals surface area (Å²) in [5, 5.41) is 11.2. The molecule has 1 heteroatoms. The molecule has 1 N–H and O–H groups in total. The Bertz CT molecular complexity index is 594. The molecule has 6 atom stereocenters. The first-order valence-electron chi connectivity index (χ1n) is 9.63. The molecule has 0 aromatic heterocycles. The van der Waals surface area contributed by atoms with Gasteiger partial charge in [-0.25, -0.2) is 0 Å². The van der Waals surface area contributed by atoms with E-state index in [1.54, 1.807) is 5.57 Å². The van der Waals surface area contributed by atoms with E-state index in [-0.39, 0.29) is 5.41 Å². The maximum Gasteiger partial charge on any atom is 0.131 e. The molecule has 0 amide bonds. The van der Waals surface area contributed by atoms with E-state index >= 15 is 0 Å². The molecular weight excluding hydrogens is 280 g/mol. The zero-order valence-corrected chi connectivity index (χ0v) is 14.5.